The molecular formula is C19H21N3O3. The molecule has 0 aromatic heterocycles. The summed E-state index contributed by atoms with van der Waals surface area (Å²) in [6.45, 7) is 2.16. The Morgan fingerprint density at radius 3 is 2.08 bits per heavy atom. The van der Waals surface area contributed by atoms with E-state index in [4.69, 9.17) is 0 Å². The number of nitrogens with zero attached hydrogens (tertiary/aromatic N) is 2. The summed E-state index contributed by atoms with van der Waals surface area (Å²) in [5, 5.41) is 13.5. The third kappa shape index (κ3) is 4.35. The van der Waals surface area contributed by atoms with E-state index in [2.05, 4.69) is 10.2 Å². The maximum Gasteiger partial charge on any atom is 0.269 e. The van der Waals surface area contributed by atoms with Gasteiger partial charge in [-0.2, -0.15) is 0 Å². The smallest absolute Gasteiger partial charge is 0.269 e. The van der Waals surface area contributed by atoms with E-state index in [-0.39, 0.29) is 11.6 Å². The van der Waals surface area contributed by atoms with Crippen LogP contribution in [0, 0.1) is 10.1 Å². The highest BCUT2D eigenvalue weighted by atomic mass is 16.6. The Bertz CT molecular complexity index is 734. The van der Waals surface area contributed by atoms with E-state index in [9.17, 15) is 14.9 Å². The van der Waals surface area contributed by atoms with Gasteiger partial charge in [-0.3, -0.25) is 14.9 Å². The minimum absolute atomic E-state index is 0.0293. The maximum absolute atomic E-state index is 12.2. The largest absolute Gasteiger partial charge is 0.372 e. The molecule has 0 radical (unpaired) electrons. The summed E-state index contributed by atoms with van der Waals surface area (Å²) in [5.74, 6) is -0.280. The molecule has 1 amide bonds. The first-order valence-corrected chi connectivity index (χ1v) is 8.54. The van der Waals surface area contributed by atoms with Crippen molar-refractivity contribution in [1.29, 1.82) is 0 Å². The van der Waals surface area contributed by atoms with Crippen LogP contribution in [0.15, 0.2) is 48.5 Å². The lowest BCUT2D eigenvalue weighted by atomic mass is 10.2. The highest BCUT2D eigenvalue weighted by Gasteiger charge is 2.12. The lowest BCUT2D eigenvalue weighted by Crippen LogP contribution is -2.23. The SMILES string of the molecule is O=C(Nc1ccc(N2CCCCCC2)cc1)c1ccc([N+](=O)[O-])cc1. The molecule has 1 aliphatic rings. The molecule has 0 saturated carbocycles. The lowest BCUT2D eigenvalue weighted by molar-refractivity contribution is -0.384. The summed E-state index contributed by atoms with van der Waals surface area (Å²) in [6, 6.07) is 13.4. The maximum atomic E-state index is 12.2. The van der Waals surface area contributed by atoms with Crippen LogP contribution >= 0.6 is 0 Å². The van der Waals surface area contributed by atoms with Crippen molar-refractivity contribution in [2.45, 2.75) is 25.7 Å². The van der Waals surface area contributed by atoms with Crippen molar-refractivity contribution in [2.24, 2.45) is 0 Å². The number of nitro benzene ring substituents is 1. The fourth-order valence-corrected chi connectivity index (χ4v) is 3.02. The minimum atomic E-state index is -0.483. The number of carbonyl (C=O) groups excluding carboxylic acids is 1. The number of amides is 1. The fraction of sp³-hybridized carbons (Fsp3) is 0.316. The molecule has 3 rings (SSSR count). The number of anilines is 2. The molecule has 0 unspecified atom stereocenters. The second-order valence-corrected chi connectivity index (χ2v) is 6.21. The average molecular weight is 339 g/mol. The van der Waals surface area contributed by atoms with E-state index in [1.807, 2.05) is 24.3 Å². The van der Waals surface area contributed by atoms with Gasteiger partial charge in [-0.15, -0.1) is 0 Å². The molecule has 0 bridgehead atoms. The van der Waals surface area contributed by atoms with Gasteiger partial charge in [0, 0.05) is 42.2 Å². The van der Waals surface area contributed by atoms with Gasteiger partial charge in [0.05, 0.1) is 4.92 Å². The first-order chi connectivity index (χ1) is 12.1. The van der Waals surface area contributed by atoms with Gasteiger partial charge >= 0.3 is 0 Å². The zero-order valence-corrected chi connectivity index (χ0v) is 14.0. The highest BCUT2D eigenvalue weighted by molar-refractivity contribution is 6.04. The van der Waals surface area contributed by atoms with Crippen LogP contribution in [0.3, 0.4) is 0 Å². The Hall–Kier alpha value is -2.89. The van der Waals surface area contributed by atoms with Crippen LogP contribution in [0.25, 0.3) is 0 Å². The molecule has 0 aliphatic carbocycles. The van der Waals surface area contributed by atoms with E-state index in [1.54, 1.807) is 0 Å². The van der Waals surface area contributed by atoms with Crippen LogP contribution < -0.4 is 10.2 Å². The number of rotatable bonds is 4. The molecule has 2 aromatic rings. The molecule has 130 valence electrons. The second kappa shape index (κ2) is 7.79. The van der Waals surface area contributed by atoms with Crippen LogP contribution in [0.2, 0.25) is 0 Å². The van der Waals surface area contributed by atoms with Gasteiger partial charge in [0.2, 0.25) is 0 Å². The summed E-state index contributed by atoms with van der Waals surface area (Å²) < 4.78 is 0. The molecule has 1 N–H and O–H groups in total. The normalized spacial score (nSPS) is 14.6. The van der Waals surface area contributed by atoms with Crippen LogP contribution in [-0.4, -0.2) is 23.9 Å². The Morgan fingerprint density at radius 2 is 1.52 bits per heavy atom. The number of nitro groups is 1. The molecule has 25 heavy (non-hydrogen) atoms. The molecule has 6 heteroatoms. The predicted octanol–water partition coefficient (Wildman–Crippen LogP) is 4.23. The molecule has 6 nitrogen and oxygen atoms in total. The number of benzene rings is 2. The van der Waals surface area contributed by atoms with Crippen molar-refractivity contribution in [3.63, 3.8) is 0 Å². The van der Waals surface area contributed by atoms with Gasteiger partial charge in [0.1, 0.15) is 0 Å². The zero-order valence-electron chi connectivity index (χ0n) is 14.0. The molecule has 1 heterocycles. The van der Waals surface area contributed by atoms with Crippen molar-refractivity contribution in [1.82, 2.24) is 0 Å². The van der Waals surface area contributed by atoms with Gasteiger partial charge < -0.3 is 10.2 Å². The third-order valence-electron chi connectivity index (χ3n) is 4.44. The number of hydrogen-bond acceptors (Lipinski definition) is 4. The summed E-state index contributed by atoms with van der Waals surface area (Å²) in [5.41, 5.74) is 2.25. The van der Waals surface area contributed by atoms with E-state index >= 15 is 0 Å². The van der Waals surface area contributed by atoms with Crippen molar-refractivity contribution in [3.8, 4) is 0 Å². The number of non-ortho nitro benzene ring substituents is 1. The van der Waals surface area contributed by atoms with E-state index in [0.29, 0.717) is 11.3 Å². The molecule has 2 aromatic carbocycles. The number of carbonyl (C=O) groups is 1. The quantitative estimate of drug-likeness (QED) is 0.668. The van der Waals surface area contributed by atoms with E-state index in [1.165, 1.54) is 55.6 Å². The highest BCUT2D eigenvalue weighted by Crippen LogP contribution is 2.22. The zero-order chi connectivity index (χ0) is 17.6. The van der Waals surface area contributed by atoms with Crippen molar-refractivity contribution >= 4 is 23.0 Å². The monoisotopic (exact) mass is 339 g/mol. The fourth-order valence-electron chi connectivity index (χ4n) is 3.02. The average Bonchev–Trinajstić information content (AvgIpc) is 2.92. The van der Waals surface area contributed by atoms with Crippen LogP contribution in [-0.2, 0) is 0 Å². The third-order valence-corrected chi connectivity index (χ3v) is 4.44. The number of nitrogens with one attached hydrogen (secondary N) is 1. The van der Waals surface area contributed by atoms with Gasteiger partial charge in [-0.05, 0) is 49.2 Å². The summed E-state index contributed by atoms with van der Waals surface area (Å²) >= 11 is 0. The molecule has 1 fully saturated rings. The molecule has 1 aliphatic heterocycles. The van der Waals surface area contributed by atoms with Gasteiger partial charge in [0.25, 0.3) is 11.6 Å². The topological polar surface area (TPSA) is 75.5 Å². The minimum Gasteiger partial charge on any atom is -0.372 e. The molecular weight excluding hydrogens is 318 g/mol. The Balaban J connectivity index is 1.64. The molecule has 0 spiro atoms. The van der Waals surface area contributed by atoms with Gasteiger partial charge in [-0.1, -0.05) is 12.8 Å². The summed E-state index contributed by atoms with van der Waals surface area (Å²) in [4.78, 5) is 24.8. The first-order valence-electron chi connectivity index (χ1n) is 8.54. The van der Waals surface area contributed by atoms with Crippen LogP contribution in [0.5, 0.6) is 0 Å². The summed E-state index contributed by atoms with van der Waals surface area (Å²) in [6.07, 6.45) is 5.02. The molecule has 0 atom stereocenters. The number of hydrogen-bond donors (Lipinski definition) is 1. The Morgan fingerprint density at radius 1 is 0.920 bits per heavy atom. The van der Waals surface area contributed by atoms with E-state index in [0.717, 1.165) is 13.1 Å². The lowest BCUT2D eigenvalue weighted by Gasteiger charge is -2.22. The predicted molar refractivity (Wildman–Crippen MR) is 98.2 cm³/mol. The second-order valence-electron chi connectivity index (χ2n) is 6.21. The van der Waals surface area contributed by atoms with Crippen molar-refractivity contribution < 1.29 is 9.72 Å². The standard InChI is InChI=1S/C19H21N3O3/c23-19(15-5-9-18(10-6-15)22(24)25)20-16-7-11-17(12-8-16)21-13-3-1-2-4-14-21/h5-12H,1-4,13-14H2,(H,20,23). The van der Waals surface area contributed by atoms with Crippen LogP contribution in [0.4, 0.5) is 17.1 Å². The van der Waals surface area contributed by atoms with Crippen LogP contribution in [0.1, 0.15) is 36.0 Å². The Kier molecular flexibility index (Phi) is 5.28. The van der Waals surface area contributed by atoms with Crippen molar-refractivity contribution in [3.05, 3.63) is 64.2 Å². The summed E-state index contributed by atoms with van der Waals surface area (Å²) in [7, 11) is 0. The van der Waals surface area contributed by atoms with E-state index < -0.39 is 4.92 Å². The van der Waals surface area contributed by atoms with Gasteiger partial charge in [0.15, 0.2) is 0 Å². The first kappa shape index (κ1) is 17.0. The molecule has 1 saturated heterocycles. The Labute approximate surface area is 146 Å². The van der Waals surface area contributed by atoms with Crippen molar-refractivity contribution in [2.75, 3.05) is 23.3 Å². The van der Waals surface area contributed by atoms with Gasteiger partial charge in [-0.25, -0.2) is 0 Å².